The molecule has 0 bridgehead atoms. The lowest BCUT2D eigenvalue weighted by molar-refractivity contribution is -0.116. The van der Waals surface area contributed by atoms with E-state index in [0.29, 0.717) is 5.56 Å². The van der Waals surface area contributed by atoms with Crippen LogP contribution in [0.25, 0.3) is 0 Å². The fourth-order valence-corrected chi connectivity index (χ4v) is 4.86. The Labute approximate surface area is 175 Å². The van der Waals surface area contributed by atoms with Crippen molar-refractivity contribution in [3.8, 4) is 0 Å². The molecule has 2 aliphatic rings. The zero-order valence-corrected chi connectivity index (χ0v) is 17.6. The van der Waals surface area contributed by atoms with Gasteiger partial charge in [-0.1, -0.05) is 6.07 Å². The van der Waals surface area contributed by atoms with Crippen molar-refractivity contribution in [1.82, 2.24) is 4.31 Å². The minimum absolute atomic E-state index is 0.108. The molecule has 7 heteroatoms. The van der Waals surface area contributed by atoms with Crippen LogP contribution in [0.3, 0.4) is 0 Å². The molecule has 0 aromatic heterocycles. The van der Waals surface area contributed by atoms with Gasteiger partial charge in [0.25, 0.3) is 0 Å². The van der Waals surface area contributed by atoms with E-state index in [-0.39, 0.29) is 11.9 Å². The molecule has 0 unspecified atom stereocenters. The van der Waals surface area contributed by atoms with E-state index in [1.54, 1.807) is 24.9 Å². The second-order valence-electron chi connectivity index (χ2n) is 7.26. The van der Waals surface area contributed by atoms with Gasteiger partial charge in [0.2, 0.25) is 5.91 Å². The molecular formula is C22H25N3O3S. The van der Waals surface area contributed by atoms with Crippen molar-refractivity contribution in [2.24, 2.45) is 0 Å². The quantitative estimate of drug-likeness (QED) is 0.569. The molecule has 0 atom stereocenters. The van der Waals surface area contributed by atoms with Crippen LogP contribution in [0.2, 0.25) is 0 Å². The SMILES string of the molecule is COC(=O)c1cccc(N2CCN(Sc3ccc4c(c3)CCN4C(C)=O)CC2)c1. The van der Waals surface area contributed by atoms with Crippen molar-refractivity contribution >= 4 is 35.2 Å². The monoisotopic (exact) mass is 411 g/mol. The first kappa shape index (κ1) is 19.8. The smallest absolute Gasteiger partial charge is 0.337 e. The van der Waals surface area contributed by atoms with Gasteiger partial charge in [0.05, 0.1) is 12.7 Å². The van der Waals surface area contributed by atoms with Gasteiger partial charge < -0.3 is 14.5 Å². The normalized spacial score (nSPS) is 16.6. The molecule has 0 spiro atoms. The predicted octanol–water partition coefficient (Wildman–Crippen LogP) is 3.21. The molecule has 152 valence electrons. The molecule has 2 aromatic rings. The van der Waals surface area contributed by atoms with Crippen LogP contribution in [0.15, 0.2) is 47.4 Å². The zero-order valence-electron chi connectivity index (χ0n) is 16.8. The zero-order chi connectivity index (χ0) is 20.4. The average Bonchev–Trinajstić information content (AvgIpc) is 3.17. The first-order valence-corrected chi connectivity index (χ1v) is 10.6. The molecule has 1 amide bonds. The minimum Gasteiger partial charge on any atom is -0.465 e. The second-order valence-corrected chi connectivity index (χ2v) is 8.43. The Morgan fingerprint density at radius 2 is 1.79 bits per heavy atom. The molecule has 6 nitrogen and oxygen atoms in total. The van der Waals surface area contributed by atoms with Crippen LogP contribution in [0.1, 0.15) is 22.8 Å². The standard InChI is InChI=1S/C22H25N3O3S/c1-16(26)25-9-8-17-15-20(6-7-21(17)25)29-24-12-10-23(11-13-24)19-5-3-4-18(14-19)22(27)28-2/h3-7,14-15H,8-13H2,1-2H3. The van der Waals surface area contributed by atoms with E-state index in [0.717, 1.165) is 50.5 Å². The van der Waals surface area contributed by atoms with Crippen molar-refractivity contribution in [3.63, 3.8) is 0 Å². The van der Waals surface area contributed by atoms with Crippen molar-refractivity contribution < 1.29 is 14.3 Å². The lowest BCUT2D eigenvalue weighted by atomic mass is 10.2. The van der Waals surface area contributed by atoms with Crippen molar-refractivity contribution in [3.05, 3.63) is 53.6 Å². The fourth-order valence-electron chi connectivity index (χ4n) is 3.90. The maximum Gasteiger partial charge on any atom is 0.337 e. The summed E-state index contributed by atoms with van der Waals surface area (Å²) in [6.07, 6.45) is 0.924. The maximum atomic E-state index is 11.8. The summed E-state index contributed by atoms with van der Waals surface area (Å²) in [7, 11) is 1.40. The highest BCUT2D eigenvalue weighted by Crippen LogP contribution is 2.33. The van der Waals surface area contributed by atoms with Crippen LogP contribution in [0.5, 0.6) is 0 Å². The van der Waals surface area contributed by atoms with Crippen LogP contribution in [0, 0.1) is 0 Å². The Morgan fingerprint density at radius 3 is 2.52 bits per heavy atom. The summed E-state index contributed by atoms with van der Waals surface area (Å²) in [6.45, 7) is 6.08. The summed E-state index contributed by atoms with van der Waals surface area (Å²) in [5.41, 5.74) is 3.94. The third-order valence-electron chi connectivity index (χ3n) is 5.43. The van der Waals surface area contributed by atoms with Crippen LogP contribution in [0.4, 0.5) is 11.4 Å². The van der Waals surface area contributed by atoms with E-state index < -0.39 is 0 Å². The van der Waals surface area contributed by atoms with Crippen LogP contribution < -0.4 is 9.80 Å². The number of ether oxygens (including phenoxy) is 1. The Morgan fingerprint density at radius 1 is 1.00 bits per heavy atom. The number of rotatable bonds is 4. The van der Waals surface area contributed by atoms with Crippen molar-refractivity contribution in [1.29, 1.82) is 0 Å². The van der Waals surface area contributed by atoms with Gasteiger partial charge in [-0.05, 0) is 60.3 Å². The van der Waals surface area contributed by atoms with Gasteiger partial charge >= 0.3 is 5.97 Å². The van der Waals surface area contributed by atoms with Crippen molar-refractivity contribution in [2.45, 2.75) is 18.2 Å². The highest BCUT2D eigenvalue weighted by molar-refractivity contribution is 7.97. The number of hydrogen-bond acceptors (Lipinski definition) is 6. The molecule has 0 aliphatic carbocycles. The topological polar surface area (TPSA) is 53.1 Å². The molecule has 2 aromatic carbocycles. The molecular weight excluding hydrogens is 386 g/mol. The number of methoxy groups -OCH3 is 1. The molecule has 2 heterocycles. The van der Waals surface area contributed by atoms with Gasteiger partial charge in [0, 0.05) is 55.9 Å². The number of carbonyl (C=O) groups excluding carboxylic acids is 2. The summed E-state index contributed by atoms with van der Waals surface area (Å²) in [4.78, 5) is 28.9. The molecule has 0 N–H and O–H groups in total. The van der Waals surface area contributed by atoms with Crippen LogP contribution >= 0.6 is 11.9 Å². The number of piperazine rings is 1. The second kappa shape index (κ2) is 8.47. The Kier molecular flexibility index (Phi) is 5.78. The highest BCUT2D eigenvalue weighted by Gasteiger charge is 2.23. The Bertz CT molecular complexity index is 925. The summed E-state index contributed by atoms with van der Waals surface area (Å²) >= 11 is 1.78. The van der Waals surface area contributed by atoms with Gasteiger partial charge in [-0.15, -0.1) is 0 Å². The Hall–Kier alpha value is -2.51. The minimum atomic E-state index is -0.305. The number of carbonyl (C=O) groups is 2. The molecule has 1 saturated heterocycles. The number of nitrogens with zero attached hydrogens (tertiary/aromatic N) is 3. The van der Waals surface area contributed by atoms with E-state index in [2.05, 4.69) is 27.4 Å². The molecule has 29 heavy (non-hydrogen) atoms. The third kappa shape index (κ3) is 4.26. The van der Waals surface area contributed by atoms with E-state index in [1.807, 2.05) is 23.1 Å². The number of hydrogen-bond donors (Lipinski definition) is 0. The van der Waals surface area contributed by atoms with E-state index in [9.17, 15) is 9.59 Å². The largest absolute Gasteiger partial charge is 0.465 e. The number of anilines is 2. The lowest BCUT2D eigenvalue weighted by Crippen LogP contribution is -2.43. The predicted molar refractivity (Wildman–Crippen MR) is 116 cm³/mol. The van der Waals surface area contributed by atoms with Gasteiger partial charge in [-0.25, -0.2) is 9.10 Å². The fraction of sp³-hybridized carbons (Fsp3) is 0.364. The molecule has 1 fully saturated rings. The molecule has 4 rings (SSSR count). The summed E-state index contributed by atoms with van der Waals surface area (Å²) < 4.78 is 7.20. The first-order valence-electron chi connectivity index (χ1n) is 9.82. The van der Waals surface area contributed by atoms with Gasteiger partial charge in [-0.2, -0.15) is 0 Å². The third-order valence-corrected chi connectivity index (χ3v) is 6.52. The number of esters is 1. The highest BCUT2D eigenvalue weighted by atomic mass is 32.2. The first-order chi connectivity index (χ1) is 14.0. The Balaban J connectivity index is 1.36. The maximum absolute atomic E-state index is 11.8. The summed E-state index contributed by atoms with van der Waals surface area (Å²) in [6, 6.07) is 14.0. The van der Waals surface area contributed by atoms with Gasteiger partial charge in [0.1, 0.15) is 0 Å². The molecule has 0 saturated carbocycles. The summed E-state index contributed by atoms with van der Waals surface area (Å²) in [5, 5.41) is 0. The van der Waals surface area contributed by atoms with Crippen LogP contribution in [-0.2, 0) is 16.0 Å². The lowest BCUT2D eigenvalue weighted by Gasteiger charge is -2.35. The molecule has 0 radical (unpaired) electrons. The number of fused-ring (bicyclic) bond motifs is 1. The van der Waals surface area contributed by atoms with Gasteiger partial charge in [0.15, 0.2) is 0 Å². The van der Waals surface area contributed by atoms with E-state index in [1.165, 1.54) is 17.6 Å². The van der Waals surface area contributed by atoms with E-state index >= 15 is 0 Å². The van der Waals surface area contributed by atoms with Crippen molar-refractivity contribution in [2.75, 3.05) is 49.6 Å². The average molecular weight is 412 g/mol. The molecule has 2 aliphatic heterocycles. The number of amides is 1. The van der Waals surface area contributed by atoms with Crippen LogP contribution in [-0.4, -0.2) is 56.0 Å². The van der Waals surface area contributed by atoms with Gasteiger partial charge in [-0.3, -0.25) is 4.79 Å². The van der Waals surface area contributed by atoms with E-state index in [4.69, 9.17) is 4.74 Å². The number of benzene rings is 2. The summed E-state index contributed by atoms with van der Waals surface area (Å²) in [5.74, 6) is -0.197.